The van der Waals surface area contributed by atoms with E-state index in [2.05, 4.69) is 17.1 Å². The minimum atomic E-state index is -0.634. The van der Waals surface area contributed by atoms with Crippen molar-refractivity contribution in [3.05, 3.63) is 54.1 Å². The first-order chi connectivity index (χ1) is 17.4. The Kier molecular flexibility index (Phi) is 8.59. The van der Waals surface area contributed by atoms with Gasteiger partial charge in [-0.1, -0.05) is 24.6 Å². The number of hydrogen-bond acceptors (Lipinski definition) is 5. The molecule has 2 amide bonds. The fourth-order valence-electron chi connectivity index (χ4n) is 4.74. The Hall–Kier alpha value is -2.97. The van der Waals surface area contributed by atoms with Crippen LogP contribution in [0, 0.1) is 12.8 Å². The lowest BCUT2D eigenvalue weighted by Crippen LogP contribution is -2.44. The molecule has 0 radical (unpaired) electrons. The van der Waals surface area contributed by atoms with Gasteiger partial charge in [0.1, 0.15) is 11.8 Å². The molecule has 0 aliphatic carbocycles. The molecule has 2 heterocycles. The van der Waals surface area contributed by atoms with Gasteiger partial charge in [-0.15, -0.1) is 0 Å². The highest BCUT2D eigenvalue weighted by molar-refractivity contribution is 7.80. The van der Waals surface area contributed by atoms with Crippen LogP contribution in [0.25, 0.3) is 0 Å². The van der Waals surface area contributed by atoms with Crippen molar-refractivity contribution in [2.24, 2.45) is 5.92 Å². The number of thiocarbonyl (C=S) groups is 1. The Morgan fingerprint density at radius 2 is 1.72 bits per heavy atom. The molecule has 0 spiro atoms. The van der Waals surface area contributed by atoms with Crippen LogP contribution in [0.1, 0.15) is 38.7 Å². The summed E-state index contributed by atoms with van der Waals surface area (Å²) < 4.78 is 5.47. The summed E-state index contributed by atoms with van der Waals surface area (Å²) in [6.07, 6.45) is 2.41. The van der Waals surface area contributed by atoms with E-state index in [9.17, 15) is 9.59 Å². The summed E-state index contributed by atoms with van der Waals surface area (Å²) >= 11 is 5.81. The average Bonchev–Trinajstić information content (AvgIpc) is 3.09. The third-order valence-electron chi connectivity index (χ3n) is 6.97. The molecule has 8 heteroatoms. The zero-order valence-electron chi connectivity index (χ0n) is 21.4. The SMILES string of the molecule is CCOc1ccc(NC(=O)C[C@@H]2C(=O)N(c3ccc(C)cc3)C(=S)N2CCN2CCC(C)CC2)cc1. The molecule has 2 fully saturated rings. The molecule has 2 aliphatic heterocycles. The molecule has 2 saturated heterocycles. The topological polar surface area (TPSA) is 65.1 Å². The van der Waals surface area contributed by atoms with Crippen LogP contribution in [0.4, 0.5) is 11.4 Å². The summed E-state index contributed by atoms with van der Waals surface area (Å²) in [6, 6.07) is 14.4. The van der Waals surface area contributed by atoms with Crippen LogP contribution in [0.15, 0.2) is 48.5 Å². The molecule has 0 aromatic heterocycles. The lowest BCUT2D eigenvalue weighted by Gasteiger charge is -2.32. The number of nitrogens with one attached hydrogen (secondary N) is 1. The van der Waals surface area contributed by atoms with Gasteiger partial charge in [-0.2, -0.15) is 0 Å². The van der Waals surface area contributed by atoms with Gasteiger partial charge >= 0.3 is 0 Å². The van der Waals surface area contributed by atoms with Gasteiger partial charge in [0.25, 0.3) is 5.91 Å². The van der Waals surface area contributed by atoms with Crippen molar-refractivity contribution in [1.82, 2.24) is 9.80 Å². The number of hydrogen-bond donors (Lipinski definition) is 1. The van der Waals surface area contributed by atoms with Crippen LogP contribution >= 0.6 is 12.2 Å². The molecule has 0 bridgehead atoms. The summed E-state index contributed by atoms with van der Waals surface area (Å²) in [5, 5.41) is 3.39. The lowest BCUT2D eigenvalue weighted by atomic mass is 9.99. The van der Waals surface area contributed by atoms with Gasteiger partial charge in [0.05, 0.1) is 18.7 Å². The number of benzene rings is 2. The summed E-state index contributed by atoms with van der Waals surface area (Å²) in [5.74, 6) is 1.13. The zero-order valence-corrected chi connectivity index (χ0v) is 22.2. The summed E-state index contributed by atoms with van der Waals surface area (Å²) in [6.45, 7) is 10.4. The van der Waals surface area contributed by atoms with E-state index in [0.717, 1.165) is 42.6 Å². The number of likely N-dealkylation sites (tertiary alicyclic amines) is 1. The van der Waals surface area contributed by atoms with Crippen molar-refractivity contribution in [1.29, 1.82) is 0 Å². The highest BCUT2D eigenvalue weighted by Crippen LogP contribution is 2.28. The number of amides is 2. The van der Waals surface area contributed by atoms with Crippen LogP contribution in [-0.2, 0) is 9.59 Å². The van der Waals surface area contributed by atoms with E-state index in [1.165, 1.54) is 12.8 Å². The Bertz CT molecular complexity index is 1070. The third kappa shape index (κ3) is 6.23. The maximum atomic E-state index is 13.6. The average molecular weight is 509 g/mol. The van der Waals surface area contributed by atoms with Crippen molar-refractivity contribution < 1.29 is 14.3 Å². The largest absolute Gasteiger partial charge is 0.494 e. The van der Waals surface area contributed by atoms with Crippen molar-refractivity contribution >= 4 is 40.5 Å². The number of nitrogens with zero attached hydrogens (tertiary/aromatic N) is 3. The number of aryl methyl sites for hydroxylation is 1. The summed E-state index contributed by atoms with van der Waals surface area (Å²) in [5.41, 5.74) is 2.52. The summed E-state index contributed by atoms with van der Waals surface area (Å²) in [7, 11) is 0. The molecular weight excluding hydrogens is 472 g/mol. The second-order valence-corrected chi connectivity index (χ2v) is 10.1. The molecular formula is C28H36N4O3S. The quantitative estimate of drug-likeness (QED) is 0.505. The van der Waals surface area contributed by atoms with Gasteiger partial charge in [-0.3, -0.25) is 14.5 Å². The van der Waals surface area contributed by atoms with E-state index in [1.54, 1.807) is 17.0 Å². The van der Waals surface area contributed by atoms with E-state index in [0.29, 0.717) is 24.0 Å². The molecule has 4 rings (SSSR count). The highest BCUT2D eigenvalue weighted by Gasteiger charge is 2.44. The van der Waals surface area contributed by atoms with Crippen molar-refractivity contribution in [2.75, 3.05) is 43.0 Å². The standard InChI is InChI=1S/C28H36N4O3S/c1-4-35-24-11-7-22(8-12-24)29-26(33)19-25-27(34)32(23-9-5-20(2)6-10-23)28(36)31(25)18-17-30-15-13-21(3)14-16-30/h5-12,21,25H,4,13-19H2,1-3H3,(H,29,33)/t25-/m1/s1. The van der Waals surface area contributed by atoms with Gasteiger partial charge in [0, 0.05) is 18.8 Å². The van der Waals surface area contributed by atoms with E-state index >= 15 is 0 Å². The van der Waals surface area contributed by atoms with Gasteiger partial charge < -0.3 is 19.9 Å². The number of piperidine rings is 1. The normalized spacial score (nSPS) is 19.1. The lowest BCUT2D eigenvalue weighted by molar-refractivity contribution is -0.124. The number of anilines is 2. The molecule has 2 aromatic carbocycles. The molecule has 1 atom stereocenters. The zero-order chi connectivity index (χ0) is 25.7. The minimum Gasteiger partial charge on any atom is -0.494 e. The van der Waals surface area contributed by atoms with E-state index in [1.807, 2.05) is 55.1 Å². The van der Waals surface area contributed by atoms with Crippen LogP contribution < -0.4 is 15.0 Å². The Labute approximate surface area is 219 Å². The van der Waals surface area contributed by atoms with E-state index < -0.39 is 6.04 Å². The first-order valence-corrected chi connectivity index (χ1v) is 13.2. The number of carbonyl (C=O) groups is 2. The van der Waals surface area contributed by atoms with E-state index in [-0.39, 0.29) is 18.2 Å². The molecule has 0 saturated carbocycles. The summed E-state index contributed by atoms with van der Waals surface area (Å²) in [4.78, 5) is 32.6. The van der Waals surface area contributed by atoms with Gasteiger partial charge in [0.15, 0.2) is 5.11 Å². The highest BCUT2D eigenvalue weighted by atomic mass is 32.1. The Balaban J connectivity index is 1.47. The van der Waals surface area contributed by atoms with Crippen LogP contribution in [0.2, 0.25) is 0 Å². The van der Waals surface area contributed by atoms with Crippen molar-refractivity contribution in [3.8, 4) is 5.75 Å². The van der Waals surface area contributed by atoms with Gasteiger partial charge in [-0.25, -0.2) is 0 Å². The number of rotatable bonds is 9. The van der Waals surface area contributed by atoms with Crippen molar-refractivity contribution in [3.63, 3.8) is 0 Å². The maximum absolute atomic E-state index is 13.6. The van der Waals surface area contributed by atoms with E-state index in [4.69, 9.17) is 17.0 Å². The van der Waals surface area contributed by atoms with Crippen LogP contribution in [0.3, 0.4) is 0 Å². The second-order valence-electron chi connectivity index (χ2n) is 9.73. The Morgan fingerprint density at radius 3 is 2.36 bits per heavy atom. The molecule has 192 valence electrons. The number of ether oxygens (including phenoxy) is 1. The minimum absolute atomic E-state index is 0.0333. The molecule has 0 unspecified atom stereocenters. The van der Waals surface area contributed by atoms with Crippen LogP contribution in [-0.4, -0.2) is 65.6 Å². The smallest absolute Gasteiger partial charge is 0.256 e. The fraction of sp³-hybridized carbons (Fsp3) is 0.464. The molecule has 7 nitrogen and oxygen atoms in total. The Morgan fingerprint density at radius 1 is 1.06 bits per heavy atom. The first-order valence-electron chi connectivity index (χ1n) is 12.8. The van der Waals surface area contributed by atoms with Crippen LogP contribution in [0.5, 0.6) is 5.75 Å². The monoisotopic (exact) mass is 508 g/mol. The van der Waals surface area contributed by atoms with Gasteiger partial charge in [-0.05, 0) is 94.3 Å². The fourth-order valence-corrected chi connectivity index (χ4v) is 5.16. The second kappa shape index (κ2) is 11.8. The molecule has 2 aliphatic rings. The predicted molar refractivity (Wildman–Crippen MR) is 147 cm³/mol. The molecule has 36 heavy (non-hydrogen) atoms. The van der Waals surface area contributed by atoms with Crippen molar-refractivity contribution in [2.45, 2.75) is 46.1 Å². The maximum Gasteiger partial charge on any atom is 0.256 e. The first kappa shape index (κ1) is 26.1. The number of carbonyl (C=O) groups excluding carboxylic acids is 2. The molecule has 1 N–H and O–H groups in total. The molecule has 2 aromatic rings. The third-order valence-corrected chi connectivity index (χ3v) is 7.39. The predicted octanol–water partition coefficient (Wildman–Crippen LogP) is 4.46. The van der Waals surface area contributed by atoms with Gasteiger partial charge in [0.2, 0.25) is 5.91 Å².